The van der Waals surface area contributed by atoms with Gasteiger partial charge in [-0.05, 0) is 44.1 Å². The summed E-state index contributed by atoms with van der Waals surface area (Å²) in [6, 6.07) is 8.13. The molecule has 1 aromatic heterocycles. The molecule has 0 saturated carbocycles. The van der Waals surface area contributed by atoms with Gasteiger partial charge in [-0.3, -0.25) is 0 Å². The van der Waals surface area contributed by atoms with Gasteiger partial charge in [-0.2, -0.15) is 4.31 Å². The molecule has 0 saturated heterocycles. The lowest BCUT2D eigenvalue weighted by Gasteiger charge is -2.33. The lowest BCUT2D eigenvalue weighted by molar-refractivity contribution is 0.372. The number of nitrogens with one attached hydrogen (secondary N) is 1. The summed E-state index contributed by atoms with van der Waals surface area (Å²) in [5.74, 6) is 0. The third kappa shape index (κ3) is 5.35. The Morgan fingerprint density at radius 1 is 1.32 bits per heavy atom. The first-order chi connectivity index (χ1) is 14.9. The molecule has 2 aromatic rings. The first kappa shape index (κ1) is 23.0. The van der Waals surface area contributed by atoms with Crippen LogP contribution in [0.5, 0.6) is 0 Å². The predicted octanol–water partition coefficient (Wildman–Crippen LogP) is 4.77. The van der Waals surface area contributed by atoms with Crippen LogP contribution in [0.4, 0.5) is 5.69 Å². The third-order valence-corrected chi connectivity index (χ3v) is 7.18. The van der Waals surface area contributed by atoms with E-state index in [0.717, 1.165) is 35.4 Å². The summed E-state index contributed by atoms with van der Waals surface area (Å²) in [5.41, 5.74) is 4.01. The molecule has 0 amide bonds. The molecule has 0 radical (unpaired) electrons. The Bertz CT molecular complexity index is 1050. The van der Waals surface area contributed by atoms with Crippen LogP contribution in [-0.4, -0.2) is 35.3 Å². The van der Waals surface area contributed by atoms with Crippen LogP contribution in [0, 0.1) is 0 Å². The Morgan fingerprint density at radius 2 is 2.10 bits per heavy atom. The first-order valence-corrected chi connectivity index (χ1v) is 12.1. The Balaban J connectivity index is 2.07. The van der Waals surface area contributed by atoms with Gasteiger partial charge in [0.05, 0.1) is 23.5 Å². The molecule has 6 nitrogen and oxygen atoms in total. The van der Waals surface area contributed by atoms with E-state index in [2.05, 4.69) is 34.4 Å². The lowest BCUT2D eigenvalue weighted by Crippen LogP contribution is -2.43. The minimum atomic E-state index is -3.68. The molecule has 1 aliphatic rings. The largest absolute Gasteiger partial charge is 0.361 e. The van der Waals surface area contributed by atoms with E-state index in [0.29, 0.717) is 19.6 Å². The Kier molecular flexibility index (Phi) is 7.51. The number of imidazole rings is 1. The van der Waals surface area contributed by atoms with Crippen LogP contribution in [0.15, 0.2) is 72.1 Å². The van der Waals surface area contributed by atoms with E-state index < -0.39 is 10.0 Å². The van der Waals surface area contributed by atoms with Crippen LogP contribution in [0.2, 0.25) is 0 Å². The summed E-state index contributed by atoms with van der Waals surface area (Å²) in [4.78, 5) is 9.93. The van der Waals surface area contributed by atoms with Crippen molar-refractivity contribution in [1.82, 2.24) is 14.3 Å². The quantitative estimate of drug-likeness (QED) is 0.601. The molecule has 1 unspecified atom stereocenters. The van der Waals surface area contributed by atoms with Crippen molar-refractivity contribution in [3.8, 4) is 0 Å². The van der Waals surface area contributed by atoms with Crippen LogP contribution < -0.4 is 4.90 Å². The molecule has 0 spiro atoms. The number of anilines is 1. The monoisotopic (exact) mass is 440 g/mol. The topological polar surface area (TPSA) is 69.3 Å². The van der Waals surface area contributed by atoms with Crippen molar-refractivity contribution in [2.75, 3.05) is 11.4 Å². The molecule has 2 heterocycles. The van der Waals surface area contributed by atoms with Crippen LogP contribution in [0.1, 0.15) is 44.9 Å². The molecule has 0 bridgehead atoms. The van der Waals surface area contributed by atoms with Gasteiger partial charge in [-0.1, -0.05) is 49.8 Å². The minimum Gasteiger partial charge on any atom is -0.361 e. The number of para-hydroxylation sites is 1. The van der Waals surface area contributed by atoms with Crippen molar-refractivity contribution in [2.24, 2.45) is 0 Å². The van der Waals surface area contributed by atoms with E-state index in [-0.39, 0.29) is 10.9 Å². The number of aromatic amines is 1. The van der Waals surface area contributed by atoms with Gasteiger partial charge in [0.2, 0.25) is 10.0 Å². The van der Waals surface area contributed by atoms with Crippen LogP contribution in [-0.2, 0) is 23.1 Å². The van der Waals surface area contributed by atoms with Gasteiger partial charge in [0.1, 0.15) is 0 Å². The molecule has 0 fully saturated rings. The molecule has 166 valence electrons. The highest BCUT2D eigenvalue weighted by atomic mass is 32.2. The fourth-order valence-corrected chi connectivity index (χ4v) is 5.63. The number of nitrogens with zero attached hydrogens (tertiary/aromatic N) is 3. The molecular weight excluding hydrogens is 408 g/mol. The van der Waals surface area contributed by atoms with Crippen LogP contribution in [0.3, 0.4) is 0 Å². The van der Waals surface area contributed by atoms with E-state index in [1.807, 2.05) is 38.2 Å². The number of aromatic nitrogens is 2. The van der Waals surface area contributed by atoms with Crippen LogP contribution >= 0.6 is 0 Å². The summed E-state index contributed by atoms with van der Waals surface area (Å²) in [6.07, 6.45) is 10.2. The van der Waals surface area contributed by atoms with Crippen molar-refractivity contribution >= 4 is 15.7 Å². The number of sulfonamides is 1. The van der Waals surface area contributed by atoms with E-state index in [4.69, 9.17) is 0 Å². The van der Waals surface area contributed by atoms with Gasteiger partial charge in [-0.25, -0.2) is 13.4 Å². The van der Waals surface area contributed by atoms with Crippen molar-refractivity contribution < 1.29 is 8.42 Å². The molecule has 1 aromatic carbocycles. The van der Waals surface area contributed by atoms with Gasteiger partial charge in [0.25, 0.3) is 0 Å². The van der Waals surface area contributed by atoms with Gasteiger partial charge in [0, 0.05) is 31.0 Å². The number of fused-ring (bicyclic) bond motifs is 1. The minimum absolute atomic E-state index is 0.0448. The third-order valence-electron chi connectivity index (χ3n) is 5.37. The average Bonchev–Trinajstić information content (AvgIpc) is 3.18. The van der Waals surface area contributed by atoms with Gasteiger partial charge in [-0.15, -0.1) is 0 Å². The van der Waals surface area contributed by atoms with E-state index in [9.17, 15) is 8.42 Å². The van der Waals surface area contributed by atoms with Gasteiger partial charge < -0.3 is 9.88 Å². The van der Waals surface area contributed by atoms with E-state index >= 15 is 0 Å². The standard InChI is InChI=1S/C24H32N4O2S/c1-5-9-22-17-27(31(29,30)23(10-6-2)13-19(3)4)15-20-11-7-8-12-24(20)28(22)16-21-14-25-18-26-21/h6-8,10-14,18,22H,2,5,9,15-17H2,1,3-4H3,(H,25,26)/b23-10+. The molecule has 1 aliphatic heterocycles. The summed E-state index contributed by atoms with van der Waals surface area (Å²) in [6.45, 7) is 11.1. The molecule has 1 atom stereocenters. The number of rotatable bonds is 8. The maximum Gasteiger partial charge on any atom is 0.243 e. The van der Waals surface area contributed by atoms with Crippen molar-refractivity contribution in [2.45, 2.75) is 52.7 Å². The van der Waals surface area contributed by atoms with Gasteiger partial charge >= 0.3 is 0 Å². The first-order valence-electron chi connectivity index (χ1n) is 10.7. The number of H-pyrrole nitrogens is 1. The molecule has 0 aliphatic carbocycles. The Hall–Kier alpha value is -2.64. The van der Waals surface area contributed by atoms with Crippen molar-refractivity contribution in [3.63, 3.8) is 0 Å². The van der Waals surface area contributed by atoms with E-state index in [1.54, 1.807) is 22.8 Å². The molecule has 1 N–H and O–H groups in total. The normalized spacial score (nSPS) is 17.7. The fraction of sp³-hybridized carbons (Fsp3) is 0.375. The fourth-order valence-electron chi connectivity index (χ4n) is 4.00. The van der Waals surface area contributed by atoms with E-state index in [1.165, 1.54) is 6.08 Å². The number of hydrogen-bond donors (Lipinski definition) is 1. The zero-order valence-corrected chi connectivity index (χ0v) is 19.4. The molecule has 7 heteroatoms. The molecule has 31 heavy (non-hydrogen) atoms. The molecular formula is C24H32N4O2S. The number of allylic oxidation sites excluding steroid dienone is 4. The maximum atomic E-state index is 13.7. The van der Waals surface area contributed by atoms with Crippen LogP contribution in [0.25, 0.3) is 0 Å². The smallest absolute Gasteiger partial charge is 0.243 e. The maximum absolute atomic E-state index is 13.7. The summed E-state index contributed by atoms with van der Waals surface area (Å²) >= 11 is 0. The highest BCUT2D eigenvalue weighted by Crippen LogP contribution is 2.33. The number of hydrogen-bond acceptors (Lipinski definition) is 4. The molecule has 3 rings (SSSR count). The second-order valence-corrected chi connectivity index (χ2v) is 10.0. The highest BCUT2D eigenvalue weighted by Gasteiger charge is 2.34. The Morgan fingerprint density at radius 3 is 2.74 bits per heavy atom. The summed E-state index contributed by atoms with van der Waals surface area (Å²) in [7, 11) is -3.68. The zero-order valence-electron chi connectivity index (χ0n) is 18.6. The number of benzene rings is 1. The zero-order chi connectivity index (χ0) is 22.4. The second-order valence-electron chi connectivity index (χ2n) is 8.10. The summed E-state index contributed by atoms with van der Waals surface area (Å²) < 4.78 is 29.0. The summed E-state index contributed by atoms with van der Waals surface area (Å²) in [5, 5.41) is 0. The van der Waals surface area contributed by atoms with Crippen molar-refractivity contribution in [1.29, 1.82) is 0 Å². The lowest BCUT2D eigenvalue weighted by atomic mass is 10.1. The average molecular weight is 441 g/mol. The SMILES string of the molecule is C=C/C=C(\C=C(C)C)S(=O)(=O)N1Cc2ccccc2N(Cc2cnc[nH]2)C(CCC)C1. The highest BCUT2D eigenvalue weighted by molar-refractivity contribution is 7.93. The Labute approximate surface area is 186 Å². The van der Waals surface area contributed by atoms with Gasteiger partial charge in [0.15, 0.2) is 0 Å². The van der Waals surface area contributed by atoms with Crippen molar-refractivity contribution in [3.05, 3.63) is 83.3 Å². The predicted molar refractivity (Wildman–Crippen MR) is 127 cm³/mol. The second kappa shape index (κ2) is 10.1.